The van der Waals surface area contributed by atoms with Crippen molar-refractivity contribution in [3.8, 4) is 0 Å². The van der Waals surface area contributed by atoms with E-state index in [0.29, 0.717) is 0 Å². The maximum absolute atomic E-state index is 13.5. The summed E-state index contributed by atoms with van der Waals surface area (Å²) in [4.78, 5) is 12.7. The molecule has 2 atom stereocenters. The summed E-state index contributed by atoms with van der Waals surface area (Å²) in [5.41, 5.74) is 5.61. The molecule has 0 saturated carbocycles. The molecular formula is C11H12F2N2O. The zero-order chi connectivity index (χ0) is 11.9. The molecule has 1 aromatic carbocycles. The van der Waals surface area contributed by atoms with Gasteiger partial charge in [-0.1, -0.05) is 6.07 Å². The summed E-state index contributed by atoms with van der Waals surface area (Å²) in [6, 6.07) is 2.35. The van der Waals surface area contributed by atoms with E-state index in [0.717, 1.165) is 0 Å². The number of nitrogens with zero attached hydrogens (tertiary/aromatic N) is 1. The molecular weight excluding hydrogens is 214 g/mol. The van der Waals surface area contributed by atoms with Gasteiger partial charge in [-0.25, -0.2) is 8.78 Å². The normalized spacial score (nSPS) is 25.2. The molecule has 1 aliphatic heterocycles. The summed E-state index contributed by atoms with van der Waals surface area (Å²) in [5, 5.41) is 0. The largest absolute Gasteiger partial charge is 0.337 e. The van der Waals surface area contributed by atoms with E-state index < -0.39 is 23.7 Å². The third kappa shape index (κ3) is 1.57. The van der Waals surface area contributed by atoms with Crippen molar-refractivity contribution in [3.63, 3.8) is 0 Å². The highest BCUT2D eigenvalue weighted by molar-refractivity contribution is 5.80. The lowest BCUT2D eigenvalue weighted by Gasteiger charge is -2.23. The van der Waals surface area contributed by atoms with Gasteiger partial charge >= 0.3 is 0 Å². The summed E-state index contributed by atoms with van der Waals surface area (Å²) in [6.45, 7) is 0. The Bertz CT molecular complexity index is 416. The van der Waals surface area contributed by atoms with E-state index in [1.54, 1.807) is 0 Å². The Kier molecular flexibility index (Phi) is 2.63. The molecule has 16 heavy (non-hydrogen) atoms. The van der Waals surface area contributed by atoms with Gasteiger partial charge in [-0.15, -0.1) is 0 Å². The third-order valence-electron chi connectivity index (χ3n) is 2.92. The molecule has 2 rings (SSSR count). The van der Waals surface area contributed by atoms with Crippen molar-refractivity contribution in [1.29, 1.82) is 0 Å². The SMILES string of the molecule is CN1C(=O)CC(N)C1c1c(F)cccc1F. The number of likely N-dealkylation sites (tertiary alicyclic amines) is 1. The summed E-state index contributed by atoms with van der Waals surface area (Å²) in [7, 11) is 1.51. The lowest BCUT2D eigenvalue weighted by atomic mass is 10.00. The Morgan fingerprint density at radius 3 is 2.38 bits per heavy atom. The quantitative estimate of drug-likeness (QED) is 0.782. The number of hydrogen-bond acceptors (Lipinski definition) is 2. The minimum absolute atomic E-state index is 0.120. The number of nitrogens with two attached hydrogens (primary N) is 1. The number of carbonyl (C=O) groups is 1. The van der Waals surface area contributed by atoms with Gasteiger partial charge in [0.2, 0.25) is 5.91 Å². The number of likely N-dealkylation sites (N-methyl/N-ethyl adjacent to an activating group) is 1. The van der Waals surface area contributed by atoms with E-state index in [-0.39, 0.29) is 17.9 Å². The van der Waals surface area contributed by atoms with Gasteiger partial charge in [-0.3, -0.25) is 4.79 Å². The van der Waals surface area contributed by atoms with Crippen molar-refractivity contribution in [2.75, 3.05) is 7.05 Å². The van der Waals surface area contributed by atoms with E-state index in [1.807, 2.05) is 0 Å². The fraction of sp³-hybridized carbons (Fsp3) is 0.364. The van der Waals surface area contributed by atoms with Crippen LogP contribution in [0.5, 0.6) is 0 Å². The van der Waals surface area contributed by atoms with Crippen molar-refractivity contribution < 1.29 is 13.6 Å². The van der Waals surface area contributed by atoms with Gasteiger partial charge in [-0.2, -0.15) is 0 Å². The van der Waals surface area contributed by atoms with Crippen LogP contribution in [-0.4, -0.2) is 23.9 Å². The molecule has 1 saturated heterocycles. The Labute approximate surface area is 91.8 Å². The van der Waals surface area contributed by atoms with Crippen LogP contribution < -0.4 is 5.73 Å². The number of halogens is 2. The Hall–Kier alpha value is -1.49. The number of amides is 1. The summed E-state index contributed by atoms with van der Waals surface area (Å²) < 4.78 is 27.1. The van der Waals surface area contributed by atoms with Crippen molar-refractivity contribution in [3.05, 3.63) is 35.4 Å². The average Bonchev–Trinajstić information content (AvgIpc) is 2.44. The molecule has 3 nitrogen and oxygen atoms in total. The first-order chi connectivity index (χ1) is 7.52. The molecule has 0 spiro atoms. The highest BCUT2D eigenvalue weighted by Gasteiger charge is 2.39. The molecule has 1 amide bonds. The summed E-state index contributed by atoms with van der Waals surface area (Å²) in [5.74, 6) is -1.52. The molecule has 1 aliphatic rings. The lowest BCUT2D eigenvalue weighted by molar-refractivity contribution is -0.127. The monoisotopic (exact) mass is 226 g/mol. The third-order valence-corrected chi connectivity index (χ3v) is 2.92. The van der Waals surface area contributed by atoms with Gasteiger partial charge in [0, 0.05) is 25.1 Å². The highest BCUT2D eigenvalue weighted by atomic mass is 19.1. The molecule has 2 N–H and O–H groups in total. The average molecular weight is 226 g/mol. The fourth-order valence-corrected chi connectivity index (χ4v) is 2.10. The topological polar surface area (TPSA) is 46.3 Å². The Balaban J connectivity index is 2.48. The second-order valence-corrected chi connectivity index (χ2v) is 3.95. The zero-order valence-corrected chi connectivity index (χ0v) is 8.78. The van der Waals surface area contributed by atoms with Crippen LogP contribution in [0.1, 0.15) is 18.0 Å². The Morgan fingerprint density at radius 1 is 1.38 bits per heavy atom. The van der Waals surface area contributed by atoms with Crippen LogP contribution in [0.25, 0.3) is 0 Å². The molecule has 1 heterocycles. The van der Waals surface area contributed by atoms with Crippen LogP contribution in [0.3, 0.4) is 0 Å². The molecule has 0 radical (unpaired) electrons. The smallest absolute Gasteiger partial charge is 0.224 e. The maximum Gasteiger partial charge on any atom is 0.224 e. The molecule has 1 aromatic rings. The Morgan fingerprint density at radius 2 is 1.94 bits per heavy atom. The molecule has 2 unspecified atom stereocenters. The first-order valence-electron chi connectivity index (χ1n) is 4.97. The molecule has 0 aliphatic carbocycles. The molecule has 86 valence electrons. The van der Waals surface area contributed by atoms with Gasteiger partial charge in [-0.05, 0) is 12.1 Å². The predicted octanol–water partition coefficient (Wildman–Crippen LogP) is 1.20. The first-order valence-corrected chi connectivity index (χ1v) is 4.97. The van der Waals surface area contributed by atoms with Crippen molar-refractivity contribution in [2.24, 2.45) is 5.73 Å². The first kappa shape index (κ1) is 11.0. The van der Waals surface area contributed by atoms with E-state index >= 15 is 0 Å². The van der Waals surface area contributed by atoms with E-state index in [1.165, 1.54) is 30.1 Å². The highest BCUT2D eigenvalue weighted by Crippen LogP contribution is 2.33. The van der Waals surface area contributed by atoms with E-state index in [4.69, 9.17) is 5.73 Å². The van der Waals surface area contributed by atoms with E-state index in [9.17, 15) is 13.6 Å². The molecule has 1 fully saturated rings. The summed E-state index contributed by atoms with van der Waals surface area (Å²) in [6.07, 6.45) is 0.120. The van der Waals surface area contributed by atoms with Crippen molar-refractivity contribution in [2.45, 2.75) is 18.5 Å². The van der Waals surface area contributed by atoms with Crippen LogP contribution in [0, 0.1) is 11.6 Å². The van der Waals surface area contributed by atoms with Crippen LogP contribution in [0.4, 0.5) is 8.78 Å². The van der Waals surface area contributed by atoms with Crippen LogP contribution >= 0.6 is 0 Å². The lowest BCUT2D eigenvalue weighted by Crippen LogP contribution is -2.31. The number of hydrogen-bond donors (Lipinski definition) is 1. The molecule has 0 aromatic heterocycles. The minimum atomic E-state index is -0.714. The van der Waals surface area contributed by atoms with E-state index in [2.05, 4.69) is 0 Å². The second kappa shape index (κ2) is 3.83. The fourth-order valence-electron chi connectivity index (χ4n) is 2.10. The van der Waals surface area contributed by atoms with Crippen LogP contribution in [-0.2, 0) is 4.79 Å². The second-order valence-electron chi connectivity index (χ2n) is 3.95. The van der Waals surface area contributed by atoms with Gasteiger partial charge in [0.25, 0.3) is 0 Å². The summed E-state index contributed by atoms with van der Waals surface area (Å²) >= 11 is 0. The maximum atomic E-state index is 13.5. The van der Waals surface area contributed by atoms with Crippen LogP contribution in [0.15, 0.2) is 18.2 Å². The minimum Gasteiger partial charge on any atom is -0.337 e. The van der Waals surface area contributed by atoms with Crippen molar-refractivity contribution >= 4 is 5.91 Å². The molecule has 5 heteroatoms. The van der Waals surface area contributed by atoms with Gasteiger partial charge in [0.1, 0.15) is 11.6 Å². The van der Waals surface area contributed by atoms with Gasteiger partial charge in [0.15, 0.2) is 0 Å². The molecule has 0 bridgehead atoms. The number of carbonyl (C=O) groups excluding carboxylic acids is 1. The number of benzene rings is 1. The zero-order valence-electron chi connectivity index (χ0n) is 8.78. The number of rotatable bonds is 1. The van der Waals surface area contributed by atoms with Crippen molar-refractivity contribution in [1.82, 2.24) is 4.90 Å². The van der Waals surface area contributed by atoms with Gasteiger partial charge in [0.05, 0.1) is 6.04 Å². The van der Waals surface area contributed by atoms with Crippen LogP contribution in [0.2, 0.25) is 0 Å². The predicted molar refractivity (Wildman–Crippen MR) is 54.5 cm³/mol. The standard InChI is InChI=1S/C11H12F2N2O/c1-15-9(16)5-8(14)11(15)10-6(12)3-2-4-7(10)13/h2-4,8,11H,5,14H2,1H3. The van der Waals surface area contributed by atoms with Gasteiger partial charge < -0.3 is 10.6 Å².